The van der Waals surface area contributed by atoms with E-state index in [2.05, 4.69) is 30.8 Å². The Morgan fingerprint density at radius 3 is 2.69 bits per heavy atom. The Bertz CT molecular complexity index is 1520. The van der Waals surface area contributed by atoms with Crippen LogP contribution in [-0.2, 0) is 11.3 Å². The summed E-state index contributed by atoms with van der Waals surface area (Å²) in [6.07, 6.45) is 0. The SMILES string of the molecule is CCOC(=O)c1cccc(-n2c(C)ccc2-c2c(Br)cccc2OCc2ccc3nonc3c2)c1. The van der Waals surface area contributed by atoms with Crippen molar-refractivity contribution in [2.75, 3.05) is 6.61 Å². The van der Waals surface area contributed by atoms with Crippen LogP contribution in [0.1, 0.15) is 28.5 Å². The van der Waals surface area contributed by atoms with Gasteiger partial charge in [-0.3, -0.25) is 0 Å². The molecule has 7 nitrogen and oxygen atoms in total. The first-order valence-corrected chi connectivity index (χ1v) is 11.9. The first kappa shape index (κ1) is 22.9. The number of rotatable bonds is 7. The fraction of sp³-hybridized carbons (Fsp3) is 0.148. The van der Waals surface area contributed by atoms with Crippen molar-refractivity contribution >= 4 is 32.9 Å². The quantitative estimate of drug-likeness (QED) is 0.223. The van der Waals surface area contributed by atoms with Crippen LogP contribution in [0.5, 0.6) is 5.75 Å². The largest absolute Gasteiger partial charge is 0.488 e. The monoisotopic (exact) mass is 531 g/mol. The number of hydrogen-bond donors (Lipinski definition) is 0. The van der Waals surface area contributed by atoms with Crippen LogP contribution in [0.3, 0.4) is 0 Å². The maximum atomic E-state index is 12.3. The van der Waals surface area contributed by atoms with Gasteiger partial charge in [-0.25, -0.2) is 9.42 Å². The lowest BCUT2D eigenvalue weighted by molar-refractivity contribution is 0.0526. The summed E-state index contributed by atoms with van der Waals surface area (Å²) < 4.78 is 19.3. The maximum absolute atomic E-state index is 12.3. The minimum absolute atomic E-state index is 0.328. The highest BCUT2D eigenvalue weighted by Crippen LogP contribution is 2.39. The molecule has 176 valence electrons. The standard InChI is InChI=1S/C27H22BrN3O4/c1-3-33-27(32)19-6-4-7-20(15-19)31-17(2)10-13-24(31)26-21(28)8-5-9-25(26)34-16-18-11-12-22-23(14-18)30-35-29-22/h4-15H,3,16H2,1-2H3. The van der Waals surface area contributed by atoms with Crippen LogP contribution in [-0.4, -0.2) is 27.5 Å². The van der Waals surface area contributed by atoms with Crippen LogP contribution in [0.4, 0.5) is 0 Å². The molecule has 0 unspecified atom stereocenters. The summed E-state index contributed by atoms with van der Waals surface area (Å²) in [6.45, 7) is 4.50. The van der Waals surface area contributed by atoms with E-state index >= 15 is 0 Å². The topological polar surface area (TPSA) is 79.4 Å². The van der Waals surface area contributed by atoms with Crippen molar-refractivity contribution in [1.82, 2.24) is 14.9 Å². The molecule has 0 N–H and O–H groups in total. The van der Waals surface area contributed by atoms with Crippen molar-refractivity contribution in [2.45, 2.75) is 20.5 Å². The Hall–Kier alpha value is -3.91. The van der Waals surface area contributed by atoms with E-state index in [1.54, 1.807) is 13.0 Å². The lowest BCUT2D eigenvalue weighted by Crippen LogP contribution is -2.07. The van der Waals surface area contributed by atoms with Gasteiger partial charge in [-0.15, -0.1) is 0 Å². The summed E-state index contributed by atoms with van der Waals surface area (Å²) in [5.41, 5.74) is 6.57. The molecule has 0 bridgehead atoms. The minimum atomic E-state index is -0.343. The number of esters is 1. The van der Waals surface area contributed by atoms with Crippen LogP contribution in [0, 0.1) is 6.92 Å². The Morgan fingerprint density at radius 1 is 1.00 bits per heavy atom. The summed E-state index contributed by atoms with van der Waals surface area (Å²) in [7, 11) is 0. The van der Waals surface area contributed by atoms with Crippen molar-refractivity contribution in [3.8, 4) is 22.7 Å². The van der Waals surface area contributed by atoms with Gasteiger partial charge in [-0.1, -0.05) is 18.2 Å². The second-order valence-electron chi connectivity index (χ2n) is 7.96. The van der Waals surface area contributed by atoms with Crippen LogP contribution in [0.15, 0.2) is 81.9 Å². The molecule has 0 atom stereocenters. The second kappa shape index (κ2) is 9.76. The van der Waals surface area contributed by atoms with E-state index in [9.17, 15) is 4.79 Å². The van der Waals surface area contributed by atoms with Gasteiger partial charge in [0.2, 0.25) is 0 Å². The summed E-state index contributed by atoms with van der Waals surface area (Å²) in [6, 6.07) is 23.1. The van der Waals surface area contributed by atoms with Crippen molar-refractivity contribution in [3.63, 3.8) is 0 Å². The van der Waals surface area contributed by atoms with Gasteiger partial charge in [0.1, 0.15) is 23.4 Å². The number of aryl methyl sites for hydroxylation is 1. The fourth-order valence-electron chi connectivity index (χ4n) is 4.01. The van der Waals surface area contributed by atoms with Crippen molar-refractivity contribution < 1.29 is 18.9 Å². The summed E-state index contributed by atoms with van der Waals surface area (Å²) in [4.78, 5) is 12.3. The number of ether oxygens (including phenoxy) is 2. The Morgan fingerprint density at radius 2 is 1.83 bits per heavy atom. The normalized spacial score (nSPS) is 11.1. The number of hydrogen-bond acceptors (Lipinski definition) is 6. The molecule has 0 spiro atoms. The van der Waals surface area contributed by atoms with E-state index in [1.807, 2.05) is 73.7 Å². The molecule has 8 heteroatoms. The van der Waals surface area contributed by atoms with Crippen LogP contribution in [0.25, 0.3) is 28.0 Å². The van der Waals surface area contributed by atoms with Crippen LogP contribution in [0.2, 0.25) is 0 Å². The molecular weight excluding hydrogens is 510 g/mol. The molecule has 0 aliphatic carbocycles. The predicted octanol–water partition coefficient (Wildman–Crippen LogP) is 6.51. The fourth-order valence-corrected chi connectivity index (χ4v) is 4.57. The van der Waals surface area contributed by atoms with Gasteiger partial charge in [-0.2, -0.15) is 0 Å². The van der Waals surface area contributed by atoms with Gasteiger partial charge in [0.05, 0.1) is 23.4 Å². The van der Waals surface area contributed by atoms with Crippen molar-refractivity contribution in [2.24, 2.45) is 0 Å². The number of halogens is 1. The highest BCUT2D eigenvalue weighted by Gasteiger charge is 2.18. The first-order chi connectivity index (χ1) is 17.0. The molecule has 35 heavy (non-hydrogen) atoms. The average Bonchev–Trinajstić information content (AvgIpc) is 3.49. The molecule has 2 heterocycles. The highest BCUT2D eigenvalue weighted by molar-refractivity contribution is 9.10. The van der Waals surface area contributed by atoms with Gasteiger partial charge in [0, 0.05) is 15.9 Å². The average molecular weight is 532 g/mol. The molecule has 5 aromatic rings. The van der Waals surface area contributed by atoms with E-state index in [1.165, 1.54) is 0 Å². The third kappa shape index (κ3) is 4.57. The van der Waals surface area contributed by atoms with Gasteiger partial charge >= 0.3 is 5.97 Å². The van der Waals surface area contributed by atoms with Gasteiger partial charge in [0.25, 0.3) is 0 Å². The zero-order valence-corrected chi connectivity index (χ0v) is 20.8. The summed E-state index contributed by atoms with van der Waals surface area (Å²) in [5, 5.41) is 7.75. The molecule has 5 rings (SSSR count). The summed E-state index contributed by atoms with van der Waals surface area (Å²) >= 11 is 3.71. The van der Waals surface area contributed by atoms with Crippen molar-refractivity contribution in [3.05, 3.63) is 94.1 Å². The lowest BCUT2D eigenvalue weighted by Gasteiger charge is -2.17. The molecule has 0 aliphatic heterocycles. The molecular formula is C27H22BrN3O4. The third-order valence-electron chi connectivity index (χ3n) is 5.64. The van der Waals surface area contributed by atoms with Crippen LogP contribution >= 0.6 is 15.9 Å². The molecule has 3 aromatic carbocycles. The van der Waals surface area contributed by atoms with E-state index in [0.717, 1.165) is 38.4 Å². The zero-order valence-electron chi connectivity index (χ0n) is 19.2. The van der Waals surface area contributed by atoms with Gasteiger partial charge in [-0.05, 0) is 100 Å². The Kier molecular flexibility index (Phi) is 6.37. The molecule has 2 aromatic heterocycles. The van der Waals surface area contributed by atoms with E-state index in [-0.39, 0.29) is 5.97 Å². The van der Waals surface area contributed by atoms with E-state index in [4.69, 9.17) is 14.1 Å². The maximum Gasteiger partial charge on any atom is 0.338 e. The minimum Gasteiger partial charge on any atom is -0.488 e. The molecule has 0 saturated carbocycles. The predicted molar refractivity (Wildman–Crippen MR) is 136 cm³/mol. The third-order valence-corrected chi connectivity index (χ3v) is 6.30. The Balaban J connectivity index is 1.52. The molecule has 0 fully saturated rings. The number of aromatic nitrogens is 3. The number of carbonyl (C=O) groups excluding carboxylic acids is 1. The van der Waals surface area contributed by atoms with E-state index in [0.29, 0.717) is 29.8 Å². The van der Waals surface area contributed by atoms with Crippen LogP contribution < -0.4 is 4.74 Å². The number of benzene rings is 3. The van der Waals surface area contributed by atoms with Gasteiger partial charge < -0.3 is 14.0 Å². The number of fused-ring (bicyclic) bond motifs is 1. The summed E-state index contributed by atoms with van der Waals surface area (Å²) in [5.74, 6) is 0.378. The molecule has 0 aliphatic rings. The van der Waals surface area contributed by atoms with E-state index < -0.39 is 0 Å². The number of carbonyl (C=O) groups is 1. The molecule has 0 amide bonds. The first-order valence-electron chi connectivity index (χ1n) is 11.1. The Labute approximate surface area is 210 Å². The zero-order chi connectivity index (χ0) is 24.4. The lowest BCUT2D eigenvalue weighted by atomic mass is 10.1. The highest BCUT2D eigenvalue weighted by atomic mass is 79.9. The molecule has 0 saturated heterocycles. The van der Waals surface area contributed by atoms with Gasteiger partial charge in [0.15, 0.2) is 0 Å². The van der Waals surface area contributed by atoms with Crippen molar-refractivity contribution in [1.29, 1.82) is 0 Å². The second-order valence-corrected chi connectivity index (χ2v) is 8.81. The molecule has 0 radical (unpaired) electrons. The smallest absolute Gasteiger partial charge is 0.338 e. The number of nitrogens with zero attached hydrogens (tertiary/aromatic N) is 3.